The third-order valence-electron chi connectivity index (χ3n) is 10.2. The van der Waals surface area contributed by atoms with Crippen LogP contribution in [-0.4, -0.2) is 70.4 Å². The predicted octanol–water partition coefficient (Wildman–Crippen LogP) is 5.32. The third kappa shape index (κ3) is 13.0. The largest absolute Gasteiger partial charge is 0.461 e. The summed E-state index contributed by atoms with van der Waals surface area (Å²) < 4.78 is 11.0. The number of aromatic nitrogens is 1. The van der Waals surface area contributed by atoms with Crippen LogP contribution in [0, 0.1) is 0 Å². The minimum Gasteiger partial charge on any atom is -0.461 e. The zero-order valence-electron chi connectivity index (χ0n) is 35.4. The summed E-state index contributed by atoms with van der Waals surface area (Å²) in [5.74, 6) is -4.06. The summed E-state index contributed by atoms with van der Waals surface area (Å²) in [5, 5.41) is 13.4. The second kappa shape index (κ2) is 20.9. The molecule has 6 rings (SSSR count). The summed E-state index contributed by atoms with van der Waals surface area (Å²) in [6, 6.07) is 33.1. The van der Waals surface area contributed by atoms with Crippen LogP contribution in [0.1, 0.15) is 49.4 Å². The highest BCUT2D eigenvalue weighted by Gasteiger charge is 2.34. The van der Waals surface area contributed by atoms with Crippen LogP contribution in [-0.2, 0) is 59.3 Å². The number of hydrogen-bond donors (Lipinski definition) is 6. The number of para-hydroxylation sites is 1. The van der Waals surface area contributed by atoms with Crippen LogP contribution in [0.2, 0.25) is 0 Å². The molecule has 0 bridgehead atoms. The lowest BCUT2D eigenvalue weighted by molar-refractivity contribution is -0.147. The van der Waals surface area contributed by atoms with Gasteiger partial charge in [-0.15, -0.1) is 0 Å². The Hall–Kier alpha value is -7.48. The van der Waals surface area contributed by atoms with E-state index in [0.29, 0.717) is 11.1 Å². The number of carbonyl (C=O) groups excluding carboxylic acids is 6. The van der Waals surface area contributed by atoms with Crippen LogP contribution in [0.25, 0.3) is 21.7 Å². The number of alkyl carbamates (subject to hydrolysis) is 1. The number of rotatable bonds is 18. The molecule has 14 nitrogen and oxygen atoms in total. The average molecular weight is 853 g/mol. The van der Waals surface area contributed by atoms with Crippen molar-refractivity contribution in [3.63, 3.8) is 0 Å². The summed E-state index contributed by atoms with van der Waals surface area (Å²) in [4.78, 5) is 85.6. The number of fused-ring (bicyclic) bond motifs is 2. The number of H-pyrrole nitrogens is 1. The fourth-order valence-electron chi connectivity index (χ4n) is 7.14. The molecule has 0 aliphatic heterocycles. The standard InChI is InChI=1S/C49H52N6O8/c1-49(2,3)63-48(61)55-41(27-35-29-51-38-24-13-12-23-37(35)38)46(59)53-40(25-31-15-6-4-7-16-31)45(58)54-42(28-43(56)62-30-32-17-8-5-9-18-32)47(60)52-39(44(50)57)26-34-21-14-20-33-19-10-11-22-36(33)34/h4-24,29,39-42,51H,25-28,30H2,1-3H3,(H2,50,57)(H,52,60)(H,53,59)(H,54,58)(H,55,61)/t39-,40-,41-,42-/m0/s1. The number of benzene rings is 5. The number of hydrogen-bond acceptors (Lipinski definition) is 8. The molecule has 0 aliphatic carbocycles. The molecule has 0 saturated heterocycles. The van der Waals surface area contributed by atoms with Gasteiger partial charge in [-0.25, -0.2) is 4.79 Å². The summed E-state index contributed by atoms with van der Waals surface area (Å²) in [6.45, 7) is 4.99. The van der Waals surface area contributed by atoms with Crippen molar-refractivity contribution in [2.24, 2.45) is 5.73 Å². The molecule has 63 heavy (non-hydrogen) atoms. The molecule has 326 valence electrons. The van der Waals surface area contributed by atoms with Crippen LogP contribution >= 0.6 is 0 Å². The second-order valence-corrected chi connectivity index (χ2v) is 16.2. The Morgan fingerprint density at radius 1 is 0.571 bits per heavy atom. The molecular formula is C49H52N6O8. The Morgan fingerprint density at radius 2 is 1.11 bits per heavy atom. The van der Waals surface area contributed by atoms with Crippen molar-refractivity contribution >= 4 is 57.4 Å². The van der Waals surface area contributed by atoms with Gasteiger partial charge in [0.1, 0.15) is 36.4 Å². The second-order valence-electron chi connectivity index (χ2n) is 16.2. The number of nitrogens with one attached hydrogen (secondary N) is 5. The van der Waals surface area contributed by atoms with Crippen LogP contribution in [0.15, 0.2) is 134 Å². The van der Waals surface area contributed by atoms with Gasteiger partial charge in [-0.2, -0.15) is 0 Å². The van der Waals surface area contributed by atoms with Gasteiger partial charge in [0.05, 0.1) is 6.42 Å². The first kappa shape index (κ1) is 45.1. The molecule has 5 aromatic carbocycles. The van der Waals surface area contributed by atoms with Gasteiger partial charge < -0.3 is 41.5 Å². The Morgan fingerprint density at radius 3 is 1.79 bits per heavy atom. The van der Waals surface area contributed by atoms with E-state index in [2.05, 4.69) is 26.3 Å². The van der Waals surface area contributed by atoms with Crippen molar-refractivity contribution in [1.29, 1.82) is 0 Å². The highest BCUT2D eigenvalue weighted by atomic mass is 16.6. The molecule has 0 unspecified atom stereocenters. The normalized spacial score (nSPS) is 13.2. The Kier molecular flexibility index (Phi) is 14.9. The molecule has 1 heterocycles. The highest BCUT2D eigenvalue weighted by Crippen LogP contribution is 2.21. The molecule has 0 spiro atoms. The predicted molar refractivity (Wildman–Crippen MR) is 239 cm³/mol. The molecule has 1 aromatic heterocycles. The molecule has 4 atom stereocenters. The van der Waals surface area contributed by atoms with Crippen LogP contribution < -0.4 is 27.0 Å². The maximum absolute atomic E-state index is 14.5. The van der Waals surface area contributed by atoms with E-state index < -0.39 is 71.9 Å². The van der Waals surface area contributed by atoms with E-state index in [1.807, 2.05) is 72.8 Å². The van der Waals surface area contributed by atoms with E-state index >= 15 is 0 Å². The molecule has 7 N–H and O–H groups in total. The van der Waals surface area contributed by atoms with Gasteiger partial charge in [0.2, 0.25) is 23.6 Å². The van der Waals surface area contributed by atoms with E-state index in [1.54, 1.807) is 81.6 Å². The Labute approximate surface area is 365 Å². The minimum absolute atomic E-state index is 0.0245. The number of esters is 1. The molecular weight excluding hydrogens is 801 g/mol. The summed E-state index contributed by atoms with van der Waals surface area (Å²) in [6.07, 6.45) is 0.289. The Balaban J connectivity index is 1.27. The number of aromatic amines is 1. The van der Waals surface area contributed by atoms with Crippen molar-refractivity contribution < 1.29 is 38.2 Å². The van der Waals surface area contributed by atoms with Gasteiger partial charge in [0.15, 0.2) is 0 Å². The van der Waals surface area contributed by atoms with Gasteiger partial charge in [-0.3, -0.25) is 24.0 Å². The Bertz CT molecular complexity index is 2550. The van der Waals surface area contributed by atoms with Gasteiger partial charge in [-0.05, 0) is 59.9 Å². The van der Waals surface area contributed by atoms with E-state index in [0.717, 1.165) is 32.8 Å². The lowest BCUT2D eigenvalue weighted by Gasteiger charge is -2.27. The number of primary amides is 1. The first-order valence-corrected chi connectivity index (χ1v) is 20.7. The lowest BCUT2D eigenvalue weighted by atomic mass is 9.98. The maximum atomic E-state index is 14.5. The summed E-state index contributed by atoms with van der Waals surface area (Å²) >= 11 is 0. The van der Waals surface area contributed by atoms with Gasteiger partial charge in [0, 0.05) is 36.4 Å². The molecule has 5 amide bonds. The van der Waals surface area contributed by atoms with Gasteiger partial charge in [0.25, 0.3) is 0 Å². The summed E-state index contributed by atoms with van der Waals surface area (Å²) in [5.41, 5.74) is 8.62. The zero-order valence-corrected chi connectivity index (χ0v) is 35.4. The maximum Gasteiger partial charge on any atom is 0.408 e. The molecule has 6 aromatic rings. The molecule has 0 saturated carbocycles. The fourth-order valence-corrected chi connectivity index (χ4v) is 7.14. The van der Waals surface area contributed by atoms with Crippen molar-refractivity contribution in [1.82, 2.24) is 26.3 Å². The molecule has 0 radical (unpaired) electrons. The minimum atomic E-state index is -1.58. The lowest BCUT2D eigenvalue weighted by Crippen LogP contribution is -2.59. The van der Waals surface area contributed by atoms with Gasteiger partial charge >= 0.3 is 12.1 Å². The number of nitrogens with two attached hydrogens (primary N) is 1. The number of ether oxygens (including phenoxy) is 2. The first-order valence-electron chi connectivity index (χ1n) is 20.7. The van der Waals surface area contributed by atoms with Gasteiger partial charge in [-0.1, -0.05) is 121 Å². The zero-order chi connectivity index (χ0) is 44.9. The smallest absolute Gasteiger partial charge is 0.408 e. The first-order chi connectivity index (χ1) is 30.2. The SMILES string of the molecule is CC(C)(C)OC(=O)N[C@@H](Cc1c[nH]c2ccccc12)C(=O)N[C@@H](Cc1ccccc1)C(=O)N[C@@H](CC(=O)OCc1ccccc1)C(=O)N[C@@H](Cc1cccc2ccccc12)C(N)=O. The van der Waals surface area contributed by atoms with E-state index in [1.165, 1.54) is 0 Å². The van der Waals surface area contributed by atoms with E-state index in [9.17, 15) is 28.8 Å². The number of amides is 5. The topological polar surface area (TPSA) is 211 Å². The van der Waals surface area contributed by atoms with Crippen molar-refractivity contribution in [3.8, 4) is 0 Å². The molecule has 0 aliphatic rings. The monoisotopic (exact) mass is 852 g/mol. The molecule has 0 fully saturated rings. The van der Waals surface area contributed by atoms with Crippen LogP contribution in [0.5, 0.6) is 0 Å². The molecule has 14 heteroatoms. The summed E-state index contributed by atoms with van der Waals surface area (Å²) in [7, 11) is 0. The van der Waals surface area contributed by atoms with E-state index in [-0.39, 0.29) is 25.9 Å². The highest BCUT2D eigenvalue weighted by molar-refractivity contribution is 5.97. The van der Waals surface area contributed by atoms with Crippen molar-refractivity contribution in [2.75, 3.05) is 0 Å². The third-order valence-corrected chi connectivity index (χ3v) is 10.2. The van der Waals surface area contributed by atoms with Crippen molar-refractivity contribution in [3.05, 3.63) is 156 Å². The van der Waals surface area contributed by atoms with E-state index in [4.69, 9.17) is 15.2 Å². The number of carbonyl (C=O) groups is 6. The van der Waals surface area contributed by atoms with Crippen LogP contribution in [0.3, 0.4) is 0 Å². The quantitative estimate of drug-likeness (QED) is 0.0623. The van der Waals surface area contributed by atoms with Crippen LogP contribution in [0.4, 0.5) is 4.79 Å². The van der Waals surface area contributed by atoms with Crippen molar-refractivity contribution in [2.45, 2.75) is 82.8 Å². The average Bonchev–Trinajstić information content (AvgIpc) is 3.67. The fraction of sp³-hybridized carbons (Fsp3) is 0.265.